The first-order valence-electron chi connectivity index (χ1n) is 10.6. The van der Waals surface area contributed by atoms with Gasteiger partial charge in [0.2, 0.25) is 0 Å². The SMILES string of the molecule is Cc1cc(-c2ncnn3cc(CCC(F)(F)COCc4ccccc4)cc23)ccc1CN.Cl. The number of nitrogens with two attached hydrogens (primary N) is 1. The monoisotopic (exact) mass is 472 g/mol. The van der Waals surface area contributed by atoms with Crippen LogP contribution >= 0.6 is 12.4 Å². The van der Waals surface area contributed by atoms with Crippen LogP contribution in [-0.2, 0) is 24.3 Å². The highest BCUT2D eigenvalue weighted by atomic mass is 35.5. The molecule has 2 heterocycles. The lowest BCUT2D eigenvalue weighted by Gasteiger charge is -2.16. The lowest BCUT2D eigenvalue weighted by Crippen LogP contribution is -2.24. The minimum Gasteiger partial charge on any atom is -0.371 e. The van der Waals surface area contributed by atoms with Gasteiger partial charge in [-0.1, -0.05) is 42.5 Å². The first-order valence-corrected chi connectivity index (χ1v) is 10.6. The number of hydrogen-bond acceptors (Lipinski definition) is 4. The smallest absolute Gasteiger partial charge is 0.271 e. The van der Waals surface area contributed by atoms with Crippen molar-refractivity contribution in [2.24, 2.45) is 5.73 Å². The minimum atomic E-state index is -2.91. The summed E-state index contributed by atoms with van der Waals surface area (Å²) in [6, 6.07) is 17.2. The van der Waals surface area contributed by atoms with E-state index in [1.165, 1.54) is 6.33 Å². The van der Waals surface area contributed by atoms with Crippen LogP contribution < -0.4 is 5.73 Å². The van der Waals surface area contributed by atoms with E-state index in [4.69, 9.17) is 10.5 Å². The van der Waals surface area contributed by atoms with Crippen LogP contribution in [0.15, 0.2) is 67.1 Å². The van der Waals surface area contributed by atoms with E-state index in [9.17, 15) is 8.78 Å². The molecule has 0 unspecified atom stereocenters. The van der Waals surface area contributed by atoms with Gasteiger partial charge in [0.25, 0.3) is 5.92 Å². The van der Waals surface area contributed by atoms with Crippen LogP contribution in [0.5, 0.6) is 0 Å². The van der Waals surface area contributed by atoms with Gasteiger partial charge in [0.1, 0.15) is 12.9 Å². The third kappa shape index (κ3) is 6.13. The van der Waals surface area contributed by atoms with Crippen molar-refractivity contribution < 1.29 is 13.5 Å². The maximum Gasteiger partial charge on any atom is 0.271 e. The second-order valence-corrected chi connectivity index (χ2v) is 7.97. The van der Waals surface area contributed by atoms with Crippen molar-refractivity contribution >= 4 is 17.9 Å². The number of benzene rings is 2. The zero-order valence-electron chi connectivity index (χ0n) is 18.4. The van der Waals surface area contributed by atoms with E-state index in [0.29, 0.717) is 6.54 Å². The largest absolute Gasteiger partial charge is 0.371 e. The molecular formula is C25H27ClF2N4O. The molecule has 0 aliphatic heterocycles. The van der Waals surface area contributed by atoms with Gasteiger partial charge < -0.3 is 10.5 Å². The highest BCUT2D eigenvalue weighted by molar-refractivity contribution is 5.85. The molecule has 5 nitrogen and oxygen atoms in total. The molecule has 0 spiro atoms. The van der Waals surface area contributed by atoms with Gasteiger partial charge in [-0.15, -0.1) is 12.4 Å². The molecule has 0 radical (unpaired) electrons. The number of halogens is 3. The molecule has 4 aromatic rings. The highest BCUT2D eigenvalue weighted by Gasteiger charge is 2.29. The molecule has 0 saturated heterocycles. The second kappa shape index (κ2) is 10.8. The Morgan fingerprint density at radius 2 is 1.85 bits per heavy atom. The van der Waals surface area contributed by atoms with E-state index >= 15 is 0 Å². The molecule has 2 aromatic carbocycles. The van der Waals surface area contributed by atoms with E-state index in [-0.39, 0.29) is 31.9 Å². The molecule has 0 bridgehead atoms. The van der Waals surface area contributed by atoms with Crippen molar-refractivity contribution in [1.29, 1.82) is 0 Å². The minimum absolute atomic E-state index is 0. The summed E-state index contributed by atoms with van der Waals surface area (Å²) in [4.78, 5) is 4.43. The molecule has 2 N–H and O–H groups in total. The third-order valence-corrected chi connectivity index (χ3v) is 5.50. The number of hydrogen-bond donors (Lipinski definition) is 1. The Balaban J connectivity index is 0.00000306. The summed E-state index contributed by atoms with van der Waals surface area (Å²) in [5.41, 5.74) is 12.1. The molecule has 8 heteroatoms. The average Bonchev–Trinajstić information content (AvgIpc) is 3.22. The van der Waals surface area contributed by atoms with E-state index in [2.05, 4.69) is 10.1 Å². The zero-order valence-corrected chi connectivity index (χ0v) is 19.2. The number of alkyl halides is 2. The van der Waals surface area contributed by atoms with E-state index < -0.39 is 12.5 Å². The average molecular weight is 473 g/mol. The van der Waals surface area contributed by atoms with Gasteiger partial charge in [-0.05, 0) is 47.7 Å². The quantitative estimate of drug-likeness (QED) is 0.355. The lowest BCUT2D eigenvalue weighted by atomic mass is 10.0. The summed E-state index contributed by atoms with van der Waals surface area (Å²) in [6.45, 7) is 2.06. The zero-order chi connectivity index (χ0) is 22.6. The van der Waals surface area contributed by atoms with Gasteiger partial charge in [-0.2, -0.15) is 5.10 Å². The molecule has 2 aromatic heterocycles. The maximum absolute atomic E-state index is 14.4. The molecule has 0 aliphatic rings. The van der Waals surface area contributed by atoms with Crippen LogP contribution in [-0.4, -0.2) is 27.1 Å². The van der Waals surface area contributed by atoms with Crippen LogP contribution in [0.25, 0.3) is 16.8 Å². The Bertz CT molecular complexity index is 1200. The van der Waals surface area contributed by atoms with Crippen molar-refractivity contribution in [2.45, 2.75) is 38.8 Å². The molecule has 0 saturated carbocycles. The molecule has 174 valence electrons. The topological polar surface area (TPSA) is 65.4 Å². The first-order chi connectivity index (χ1) is 15.4. The maximum atomic E-state index is 14.4. The molecule has 0 amide bonds. The van der Waals surface area contributed by atoms with Crippen molar-refractivity contribution in [2.75, 3.05) is 6.61 Å². The number of nitrogens with zero attached hydrogens (tertiary/aromatic N) is 3. The summed E-state index contributed by atoms with van der Waals surface area (Å²) in [7, 11) is 0. The van der Waals surface area contributed by atoms with Crippen LogP contribution in [0.2, 0.25) is 0 Å². The van der Waals surface area contributed by atoms with Crippen molar-refractivity contribution in [3.05, 3.63) is 89.4 Å². The molecule has 0 atom stereocenters. The number of aromatic nitrogens is 3. The van der Waals surface area contributed by atoms with E-state index in [0.717, 1.165) is 39.0 Å². The summed E-state index contributed by atoms with van der Waals surface area (Å²) in [5.74, 6) is -2.91. The van der Waals surface area contributed by atoms with Crippen LogP contribution in [0.1, 0.15) is 28.7 Å². The Morgan fingerprint density at radius 3 is 2.58 bits per heavy atom. The standard InChI is InChI=1S/C25H26F2N4O.ClH/c1-18-11-21(7-8-22(18)13-28)24-23-12-20(14-31(23)30-17-29-24)9-10-25(26,27)16-32-15-19-5-3-2-4-6-19;/h2-8,11-12,14,17H,9-10,13,15-16,28H2,1H3;1H. The third-order valence-electron chi connectivity index (χ3n) is 5.50. The first kappa shape index (κ1) is 24.8. The molecule has 0 fully saturated rings. The number of fused-ring (bicyclic) bond motifs is 1. The van der Waals surface area contributed by atoms with Gasteiger partial charge in [-0.3, -0.25) is 0 Å². The fourth-order valence-corrected chi connectivity index (χ4v) is 3.71. The number of ether oxygens (including phenoxy) is 1. The van der Waals surface area contributed by atoms with Crippen molar-refractivity contribution in [1.82, 2.24) is 14.6 Å². The summed E-state index contributed by atoms with van der Waals surface area (Å²) in [6.07, 6.45) is 3.17. The molecular weight excluding hydrogens is 446 g/mol. The second-order valence-electron chi connectivity index (χ2n) is 7.97. The Kier molecular flexibility index (Phi) is 8.13. The van der Waals surface area contributed by atoms with E-state index in [1.54, 1.807) is 10.7 Å². The lowest BCUT2D eigenvalue weighted by molar-refractivity contribution is -0.0862. The molecule has 33 heavy (non-hydrogen) atoms. The summed E-state index contributed by atoms with van der Waals surface area (Å²) < 4.78 is 35.7. The predicted octanol–water partition coefficient (Wildman–Crippen LogP) is 5.37. The fourth-order valence-electron chi connectivity index (χ4n) is 3.71. The highest BCUT2D eigenvalue weighted by Crippen LogP contribution is 2.27. The fraction of sp³-hybridized carbons (Fsp3) is 0.280. The van der Waals surface area contributed by atoms with Crippen LogP contribution in [0, 0.1) is 6.92 Å². The Morgan fingerprint density at radius 1 is 1.06 bits per heavy atom. The van der Waals surface area contributed by atoms with Gasteiger partial charge >= 0.3 is 0 Å². The van der Waals surface area contributed by atoms with Crippen LogP contribution in [0.3, 0.4) is 0 Å². The Labute approximate surface area is 198 Å². The number of aryl methyl sites for hydroxylation is 2. The van der Waals surface area contributed by atoms with Crippen molar-refractivity contribution in [3.63, 3.8) is 0 Å². The molecule has 0 aliphatic carbocycles. The normalized spacial score (nSPS) is 11.5. The van der Waals surface area contributed by atoms with Gasteiger partial charge in [0.15, 0.2) is 0 Å². The number of rotatable bonds is 9. The molecule has 4 rings (SSSR count). The van der Waals surface area contributed by atoms with E-state index in [1.807, 2.05) is 61.5 Å². The van der Waals surface area contributed by atoms with Gasteiger partial charge in [-0.25, -0.2) is 18.3 Å². The van der Waals surface area contributed by atoms with Gasteiger partial charge in [0, 0.05) is 24.7 Å². The predicted molar refractivity (Wildman–Crippen MR) is 128 cm³/mol. The van der Waals surface area contributed by atoms with Gasteiger partial charge in [0.05, 0.1) is 17.8 Å². The summed E-state index contributed by atoms with van der Waals surface area (Å²) in [5, 5.41) is 4.25. The van der Waals surface area contributed by atoms with Crippen molar-refractivity contribution in [3.8, 4) is 11.3 Å². The summed E-state index contributed by atoms with van der Waals surface area (Å²) >= 11 is 0. The van der Waals surface area contributed by atoms with Crippen LogP contribution in [0.4, 0.5) is 8.78 Å². The Hall–Kier alpha value is -2.87.